The number of benzene rings is 9. The topological polar surface area (TPSA) is 3.24 Å². The van der Waals surface area contributed by atoms with Crippen LogP contribution in [0.25, 0.3) is 40.5 Å². The van der Waals surface area contributed by atoms with E-state index < -0.39 is 0 Å². The fourth-order valence-corrected chi connectivity index (χ4v) is 10.8. The summed E-state index contributed by atoms with van der Waals surface area (Å²) in [5.41, 5.74) is 26.2. The molecule has 0 aliphatic carbocycles. The van der Waals surface area contributed by atoms with Crippen molar-refractivity contribution in [2.24, 2.45) is 0 Å². The van der Waals surface area contributed by atoms with Crippen molar-refractivity contribution in [3.8, 4) is 0 Å². The lowest BCUT2D eigenvalue weighted by Gasteiger charge is -2.26. The molecule has 1 heteroatoms. The van der Waals surface area contributed by atoms with Crippen LogP contribution in [0.2, 0.25) is 0 Å². The molecule has 0 heterocycles. The van der Waals surface area contributed by atoms with E-state index >= 15 is 0 Å². The van der Waals surface area contributed by atoms with E-state index in [0.29, 0.717) is 0 Å². The minimum absolute atomic E-state index is 0.00549. The highest BCUT2D eigenvalue weighted by Crippen LogP contribution is 2.40. The summed E-state index contributed by atoms with van der Waals surface area (Å²) < 4.78 is 0. The Labute approximate surface area is 505 Å². The van der Waals surface area contributed by atoms with Crippen molar-refractivity contribution >= 4 is 57.6 Å². The summed E-state index contributed by atoms with van der Waals surface area (Å²) in [6.45, 7) is 40.7. The van der Waals surface area contributed by atoms with E-state index in [1.54, 1.807) is 0 Å². The minimum atomic E-state index is 0.00549. The highest BCUT2D eigenvalue weighted by atomic mass is 15.1. The zero-order chi connectivity index (χ0) is 60.4. The van der Waals surface area contributed by atoms with Crippen molar-refractivity contribution in [3.05, 3.63) is 308 Å². The molecule has 0 radical (unpaired) electrons. The second-order valence-electron chi connectivity index (χ2n) is 28.3. The van der Waals surface area contributed by atoms with Gasteiger partial charge in [0, 0.05) is 17.1 Å². The fourth-order valence-electron chi connectivity index (χ4n) is 10.8. The van der Waals surface area contributed by atoms with Crippen LogP contribution in [-0.4, -0.2) is 0 Å². The average molecular weight is 1100 g/mol. The summed E-state index contributed by atoms with van der Waals surface area (Å²) in [6, 6.07) is 81.5. The van der Waals surface area contributed by atoms with Crippen LogP contribution in [-0.2, 0) is 27.1 Å². The molecule has 0 N–H and O–H groups in total. The van der Waals surface area contributed by atoms with Crippen LogP contribution in [0, 0.1) is 0 Å². The van der Waals surface area contributed by atoms with Crippen molar-refractivity contribution in [2.45, 2.75) is 138 Å². The van der Waals surface area contributed by atoms with Crippen LogP contribution < -0.4 is 4.90 Å². The SMILES string of the molecule is C=C(C)c1cccc(/C(=C/c2ccc(N(c3ccc(C=C(c4cccc(C(C)(C)C)c4)c4cccc(C(C)(C)C)c4)cc3)c3ccc(C=C(c4cccc(C(C)(C)C)c4)c4cccc(C(C)(C)C)c4)cc3)cc2)c2cccc(C(C)(C)C)c2)c1. The Balaban J connectivity index is 1.18. The summed E-state index contributed by atoms with van der Waals surface area (Å²) in [7, 11) is 0. The molecule has 9 rings (SSSR count). The number of nitrogens with zero attached hydrogens (tertiary/aromatic N) is 1. The van der Waals surface area contributed by atoms with Gasteiger partial charge in [0.25, 0.3) is 0 Å². The third-order valence-corrected chi connectivity index (χ3v) is 16.3. The van der Waals surface area contributed by atoms with E-state index in [1.165, 1.54) is 72.4 Å². The Bertz CT molecular complexity index is 3600. The van der Waals surface area contributed by atoms with Crippen LogP contribution in [0.15, 0.2) is 225 Å². The number of hydrogen-bond donors (Lipinski definition) is 0. The molecule has 0 bridgehead atoms. The predicted molar refractivity (Wildman–Crippen MR) is 369 cm³/mol. The second kappa shape index (κ2) is 24.1. The van der Waals surface area contributed by atoms with Crippen LogP contribution in [0.3, 0.4) is 0 Å². The third kappa shape index (κ3) is 14.6. The molecule has 0 saturated heterocycles. The van der Waals surface area contributed by atoms with Gasteiger partial charge in [0.2, 0.25) is 0 Å². The van der Waals surface area contributed by atoms with Gasteiger partial charge in [0.1, 0.15) is 0 Å². The molecule has 9 aromatic rings. The van der Waals surface area contributed by atoms with E-state index in [4.69, 9.17) is 0 Å². The van der Waals surface area contributed by atoms with Crippen LogP contribution in [0.4, 0.5) is 17.1 Å². The largest absolute Gasteiger partial charge is 0.311 e. The summed E-state index contributed by atoms with van der Waals surface area (Å²) >= 11 is 0. The Morgan fingerprint density at radius 1 is 0.274 bits per heavy atom. The van der Waals surface area contributed by atoms with Crippen molar-refractivity contribution < 1.29 is 0 Å². The van der Waals surface area contributed by atoms with Gasteiger partial charge in [-0.25, -0.2) is 0 Å². The molecule has 0 aromatic heterocycles. The predicted octanol–water partition coefficient (Wildman–Crippen LogP) is 23.4. The lowest BCUT2D eigenvalue weighted by molar-refractivity contribution is 0.589. The van der Waals surface area contributed by atoms with Gasteiger partial charge in [-0.2, -0.15) is 0 Å². The van der Waals surface area contributed by atoms with Crippen LogP contribution >= 0.6 is 0 Å². The van der Waals surface area contributed by atoms with E-state index in [2.05, 4.69) is 359 Å². The standard InChI is InChI=1S/C83H89N/c1-57(2)61-24-18-25-62(51-61)76(63-26-19-31-68(52-63)79(3,4)5)48-58-36-42-73(43-37-58)84(74-44-38-59(39-45-74)49-77(64-27-20-32-69(53-64)80(6,7)8)65-28-21-33-70(54-65)81(9,10)11)75-46-40-60(41-47-75)50-78(66-29-22-34-71(55-66)82(12,13)14)67-30-23-35-72(56-67)83(15,16)17/h18-56H,1H2,2-17H3/b76-48-. The fraction of sp³-hybridized carbons (Fsp3) is 0.253. The summed E-state index contributed by atoms with van der Waals surface area (Å²) in [5.74, 6) is 0. The first kappa shape index (κ1) is 60.3. The van der Waals surface area contributed by atoms with Crippen molar-refractivity contribution in [2.75, 3.05) is 4.90 Å². The number of allylic oxidation sites excluding steroid dienone is 1. The summed E-state index contributed by atoms with van der Waals surface area (Å²) in [4.78, 5) is 2.39. The molecule has 0 amide bonds. The zero-order valence-electron chi connectivity index (χ0n) is 53.2. The minimum Gasteiger partial charge on any atom is -0.311 e. The van der Waals surface area contributed by atoms with Crippen molar-refractivity contribution in [3.63, 3.8) is 0 Å². The Morgan fingerprint density at radius 2 is 0.476 bits per heavy atom. The van der Waals surface area contributed by atoms with Crippen LogP contribution in [0.5, 0.6) is 0 Å². The van der Waals surface area contributed by atoms with Gasteiger partial charge in [0.15, 0.2) is 0 Å². The quantitative estimate of drug-likeness (QED) is 0.104. The molecule has 0 unspecified atom stereocenters. The maximum atomic E-state index is 4.30. The number of hydrogen-bond acceptors (Lipinski definition) is 1. The monoisotopic (exact) mass is 1100 g/mol. The Hall–Kier alpha value is -8.26. The van der Waals surface area contributed by atoms with Crippen molar-refractivity contribution in [1.82, 2.24) is 0 Å². The zero-order valence-corrected chi connectivity index (χ0v) is 53.2. The molecule has 1 nitrogen and oxygen atoms in total. The number of rotatable bonds is 13. The molecule has 0 spiro atoms. The maximum Gasteiger partial charge on any atom is 0.0462 e. The lowest BCUT2D eigenvalue weighted by Crippen LogP contribution is -2.12. The molecule has 426 valence electrons. The van der Waals surface area contributed by atoms with E-state index in [1.807, 2.05) is 0 Å². The molecule has 0 atom stereocenters. The Morgan fingerprint density at radius 3 is 0.690 bits per heavy atom. The molecule has 0 aliphatic rings. The van der Waals surface area contributed by atoms with Crippen LogP contribution in [0.1, 0.15) is 194 Å². The van der Waals surface area contributed by atoms with Gasteiger partial charge < -0.3 is 4.90 Å². The molecule has 84 heavy (non-hydrogen) atoms. The normalized spacial score (nSPS) is 12.4. The lowest BCUT2D eigenvalue weighted by atomic mass is 9.82. The third-order valence-electron chi connectivity index (χ3n) is 16.3. The van der Waals surface area contributed by atoms with E-state index in [-0.39, 0.29) is 27.1 Å². The molecule has 0 aliphatic heterocycles. The van der Waals surface area contributed by atoms with Gasteiger partial charge in [-0.05, 0) is 195 Å². The van der Waals surface area contributed by atoms with Gasteiger partial charge in [-0.3, -0.25) is 0 Å². The first-order chi connectivity index (χ1) is 39.6. The second-order valence-corrected chi connectivity index (χ2v) is 28.3. The molecule has 9 aromatic carbocycles. The molecular formula is C83H89N. The highest BCUT2D eigenvalue weighted by Gasteiger charge is 2.22. The van der Waals surface area contributed by atoms with Gasteiger partial charge in [-0.15, -0.1) is 0 Å². The smallest absolute Gasteiger partial charge is 0.0462 e. The average Bonchev–Trinajstić information content (AvgIpc) is 3.39. The van der Waals surface area contributed by atoms with Gasteiger partial charge in [-0.1, -0.05) is 292 Å². The summed E-state index contributed by atoms with van der Waals surface area (Å²) in [5, 5.41) is 0. The molecule has 0 fully saturated rings. The van der Waals surface area contributed by atoms with Gasteiger partial charge >= 0.3 is 0 Å². The first-order valence-electron chi connectivity index (χ1n) is 30.1. The summed E-state index contributed by atoms with van der Waals surface area (Å²) in [6.07, 6.45) is 7.08. The maximum absolute atomic E-state index is 4.30. The van der Waals surface area contributed by atoms with Gasteiger partial charge in [0.05, 0.1) is 0 Å². The van der Waals surface area contributed by atoms with Crippen molar-refractivity contribution in [1.29, 1.82) is 0 Å². The van der Waals surface area contributed by atoms with E-state index in [9.17, 15) is 0 Å². The number of anilines is 3. The molecular weight excluding hydrogens is 1010 g/mol. The Kier molecular flexibility index (Phi) is 17.3. The molecule has 0 saturated carbocycles. The van der Waals surface area contributed by atoms with E-state index in [0.717, 1.165) is 50.5 Å². The first-order valence-corrected chi connectivity index (χ1v) is 30.1. The highest BCUT2D eigenvalue weighted by molar-refractivity contribution is 5.95.